The second kappa shape index (κ2) is 7.78. The molecule has 2 N–H and O–H groups in total. The van der Waals surface area contributed by atoms with Crippen LogP contribution in [0.5, 0.6) is 0 Å². The fraction of sp³-hybridized carbons (Fsp3) is 0.500. The third kappa shape index (κ3) is 4.56. The fourth-order valence-electron chi connectivity index (χ4n) is 2.20. The number of carbonyl (C=O) groups is 2. The Kier molecular flexibility index (Phi) is 6.37. The molecule has 2 atom stereocenters. The van der Waals surface area contributed by atoms with E-state index in [9.17, 15) is 19.8 Å². The lowest BCUT2D eigenvalue weighted by atomic mass is 9.77. The van der Waals surface area contributed by atoms with Crippen LogP contribution >= 0.6 is 0 Å². The SMILES string of the molecule is CCOC(=O)C(CCC(C)O)(Cc1ccccc1)C(=O)O. The van der Waals surface area contributed by atoms with Crippen molar-refractivity contribution in [1.82, 2.24) is 0 Å². The Bertz CT molecular complexity index is 469. The second-order valence-corrected chi connectivity index (χ2v) is 5.16. The van der Waals surface area contributed by atoms with Gasteiger partial charge in [-0.25, -0.2) is 0 Å². The van der Waals surface area contributed by atoms with Crippen LogP contribution in [0, 0.1) is 5.41 Å². The normalized spacial score (nSPS) is 15.0. The van der Waals surface area contributed by atoms with Crippen molar-refractivity contribution in [2.75, 3.05) is 6.61 Å². The number of carboxylic acids is 1. The van der Waals surface area contributed by atoms with Gasteiger partial charge in [-0.05, 0) is 38.7 Å². The number of hydrogen-bond donors (Lipinski definition) is 2. The molecule has 1 aromatic rings. The summed E-state index contributed by atoms with van der Waals surface area (Å²) in [6.45, 7) is 3.33. The Morgan fingerprint density at radius 1 is 1.29 bits per heavy atom. The minimum Gasteiger partial charge on any atom is -0.480 e. The van der Waals surface area contributed by atoms with Gasteiger partial charge < -0.3 is 14.9 Å². The van der Waals surface area contributed by atoms with Crippen LogP contribution in [0.25, 0.3) is 0 Å². The van der Waals surface area contributed by atoms with Gasteiger partial charge in [-0.1, -0.05) is 30.3 Å². The minimum absolute atomic E-state index is 0.0354. The Balaban J connectivity index is 3.10. The molecule has 5 heteroatoms. The van der Waals surface area contributed by atoms with Crippen molar-refractivity contribution in [2.45, 2.75) is 39.2 Å². The molecule has 0 aliphatic carbocycles. The smallest absolute Gasteiger partial charge is 0.323 e. The average Bonchev–Trinajstić information content (AvgIpc) is 2.44. The molecular weight excluding hydrogens is 272 g/mol. The highest BCUT2D eigenvalue weighted by Crippen LogP contribution is 2.32. The van der Waals surface area contributed by atoms with Crippen LogP contribution in [0.2, 0.25) is 0 Å². The Morgan fingerprint density at radius 3 is 2.38 bits per heavy atom. The molecule has 5 nitrogen and oxygen atoms in total. The predicted octanol–water partition coefficient (Wildman–Crippen LogP) is 2.02. The lowest BCUT2D eigenvalue weighted by molar-refractivity contribution is -0.169. The van der Waals surface area contributed by atoms with Crippen LogP contribution in [-0.4, -0.2) is 34.9 Å². The Morgan fingerprint density at radius 2 is 1.90 bits per heavy atom. The molecule has 0 aromatic heterocycles. The molecule has 0 spiro atoms. The highest BCUT2D eigenvalue weighted by molar-refractivity contribution is 5.99. The first-order valence-corrected chi connectivity index (χ1v) is 7.05. The fourth-order valence-corrected chi connectivity index (χ4v) is 2.20. The molecule has 0 radical (unpaired) electrons. The molecule has 0 heterocycles. The molecule has 0 aliphatic heterocycles. The first-order chi connectivity index (χ1) is 9.92. The average molecular weight is 294 g/mol. The lowest BCUT2D eigenvalue weighted by Crippen LogP contribution is -2.43. The van der Waals surface area contributed by atoms with E-state index in [4.69, 9.17) is 4.74 Å². The number of aliphatic hydroxyl groups is 1. The molecule has 0 aliphatic rings. The van der Waals surface area contributed by atoms with E-state index in [2.05, 4.69) is 0 Å². The van der Waals surface area contributed by atoms with Crippen molar-refractivity contribution >= 4 is 11.9 Å². The van der Waals surface area contributed by atoms with Gasteiger partial charge in [0.25, 0.3) is 0 Å². The van der Waals surface area contributed by atoms with Gasteiger partial charge in [0, 0.05) is 0 Å². The van der Waals surface area contributed by atoms with Crippen molar-refractivity contribution < 1.29 is 24.5 Å². The first-order valence-electron chi connectivity index (χ1n) is 7.05. The molecule has 0 amide bonds. The Labute approximate surface area is 124 Å². The maximum absolute atomic E-state index is 12.2. The molecule has 116 valence electrons. The summed E-state index contributed by atoms with van der Waals surface area (Å²) in [7, 11) is 0. The third-order valence-electron chi connectivity index (χ3n) is 3.41. The monoisotopic (exact) mass is 294 g/mol. The van der Waals surface area contributed by atoms with Crippen molar-refractivity contribution in [3.63, 3.8) is 0 Å². The number of carbonyl (C=O) groups excluding carboxylic acids is 1. The van der Waals surface area contributed by atoms with E-state index in [0.29, 0.717) is 0 Å². The number of aliphatic hydroxyl groups excluding tert-OH is 1. The number of rotatable bonds is 8. The largest absolute Gasteiger partial charge is 0.480 e. The summed E-state index contributed by atoms with van der Waals surface area (Å²) in [4.78, 5) is 24.0. The highest BCUT2D eigenvalue weighted by Gasteiger charge is 2.47. The lowest BCUT2D eigenvalue weighted by Gasteiger charge is -2.27. The summed E-state index contributed by atoms with van der Waals surface area (Å²) < 4.78 is 4.97. The second-order valence-electron chi connectivity index (χ2n) is 5.16. The minimum atomic E-state index is -1.66. The van der Waals surface area contributed by atoms with Gasteiger partial charge in [0.05, 0.1) is 12.7 Å². The number of esters is 1. The molecule has 0 saturated heterocycles. The summed E-state index contributed by atoms with van der Waals surface area (Å²) in [5.74, 6) is -1.97. The maximum Gasteiger partial charge on any atom is 0.323 e. The zero-order chi connectivity index (χ0) is 15.9. The third-order valence-corrected chi connectivity index (χ3v) is 3.41. The summed E-state index contributed by atoms with van der Waals surface area (Å²) in [5, 5.41) is 19.0. The van der Waals surface area contributed by atoms with Gasteiger partial charge in [-0.3, -0.25) is 9.59 Å². The van der Waals surface area contributed by atoms with Crippen LogP contribution in [0.1, 0.15) is 32.3 Å². The van der Waals surface area contributed by atoms with Gasteiger partial charge in [0.15, 0.2) is 5.41 Å². The van der Waals surface area contributed by atoms with Gasteiger partial charge in [-0.2, -0.15) is 0 Å². The van der Waals surface area contributed by atoms with E-state index in [1.165, 1.54) is 0 Å². The zero-order valence-electron chi connectivity index (χ0n) is 12.4. The molecule has 0 saturated carbocycles. The zero-order valence-corrected chi connectivity index (χ0v) is 12.4. The van der Waals surface area contributed by atoms with Crippen molar-refractivity contribution in [2.24, 2.45) is 5.41 Å². The van der Waals surface area contributed by atoms with Crippen molar-refractivity contribution in [1.29, 1.82) is 0 Å². The van der Waals surface area contributed by atoms with Crippen LogP contribution in [-0.2, 0) is 20.7 Å². The van der Waals surface area contributed by atoms with E-state index in [1.807, 2.05) is 6.07 Å². The van der Waals surface area contributed by atoms with E-state index in [0.717, 1.165) is 5.56 Å². The topological polar surface area (TPSA) is 83.8 Å². The Hall–Kier alpha value is -1.88. The highest BCUT2D eigenvalue weighted by atomic mass is 16.5. The summed E-state index contributed by atoms with van der Waals surface area (Å²) >= 11 is 0. The van der Waals surface area contributed by atoms with Crippen LogP contribution < -0.4 is 0 Å². The van der Waals surface area contributed by atoms with E-state index >= 15 is 0 Å². The van der Waals surface area contributed by atoms with Gasteiger partial charge >= 0.3 is 11.9 Å². The standard InChI is InChI=1S/C16H22O5/c1-3-21-15(20)16(14(18)19,10-9-12(2)17)11-13-7-5-4-6-8-13/h4-8,12,17H,3,9-11H2,1-2H3,(H,18,19). The number of ether oxygens (including phenoxy) is 1. The van der Waals surface area contributed by atoms with Gasteiger partial charge in [0.1, 0.15) is 0 Å². The van der Waals surface area contributed by atoms with Crippen LogP contribution in [0.15, 0.2) is 30.3 Å². The molecular formula is C16H22O5. The molecule has 2 unspecified atom stereocenters. The van der Waals surface area contributed by atoms with Crippen LogP contribution in [0.4, 0.5) is 0 Å². The molecule has 1 aromatic carbocycles. The molecule has 0 bridgehead atoms. The van der Waals surface area contributed by atoms with Crippen molar-refractivity contribution in [3.05, 3.63) is 35.9 Å². The summed E-state index contributed by atoms with van der Waals surface area (Å²) in [6.07, 6.45) is -0.366. The quantitative estimate of drug-likeness (QED) is 0.566. The number of benzene rings is 1. The van der Waals surface area contributed by atoms with E-state index in [1.54, 1.807) is 38.1 Å². The van der Waals surface area contributed by atoms with Gasteiger partial charge in [0.2, 0.25) is 0 Å². The van der Waals surface area contributed by atoms with E-state index < -0.39 is 23.5 Å². The van der Waals surface area contributed by atoms with E-state index in [-0.39, 0.29) is 25.9 Å². The van der Waals surface area contributed by atoms with Crippen LogP contribution in [0.3, 0.4) is 0 Å². The summed E-state index contributed by atoms with van der Waals surface area (Å²) in [6, 6.07) is 8.97. The molecule has 0 fully saturated rings. The molecule has 1 rings (SSSR count). The molecule has 21 heavy (non-hydrogen) atoms. The predicted molar refractivity (Wildman–Crippen MR) is 77.8 cm³/mol. The number of aliphatic carboxylic acids is 1. The van der Waals surface area contributed by atoms with Gasteiger partial charge in [-0.15, -0.1) is 0 Å². The van der Waals surface area contributed by atoms with Crippen molar-refractivity contribution in [3.8, 4) is 0 Å². The first kappa shape index (κ1) is 17.2. The summed E-state index contributed by atoms with van der Waals surface area (Å²) in [5.41, 5.74) is -0.910. The number of hydrogen-bond acceptors (Lipinski definition) is 4. The maximum atomic E-state index is 12.2. The number of carboxylic acid groups (broad SMARTS) is 1.